The average Bonchev–Trinajstić information content (AvgIpc) is 2.68. The molecule has 0 fully saturated rings. The van der Waals surface area contributed by atoms with E-state index in [1.54, 1.807) is 4.98 Å². The van der Waals surface area contributed by atoms with E-state index >= 15 is 0 Å². The smallest absolute Gasteiger partial charge is 0.465 e. The molecule has 7 nitrogen and oxygen atoms in total. The molecule has 1 N–H and O–H groups in total. The summed E-state index contributed by atoms with van der Waals surface area (Å²) in [6.07, 6.45) is -8.25. The first kappa shape index (κ1) is 29.6. The molecule has 0 radical (unpaired) electrons. The Morgan fingerprint density at radius 2 is 1.62 bits per heavy atom. The highest BCUT2D eigenvalue weighted by atomic mass is 19.4. The van der Waals surface area contributed by atoms with Crippen LogP contribution in [0.15, 0.2) is 15.8 Å². The molecular weight excluding hydrogens is 467 g/mol. The zero-order chi connectivity index (χ0) is 26.3. The number of aromatic amines is 1. The van der Waals surface area contributed by atoms with Crippen LogP contribution in [0.1, 0.15) is 66.7 Å². The van der Waals surface area contributed by atoms with Gasteiger partial charge in [0.15, 0.2) is 0 Å². The van der Waals surface area contributed by atoms with Crippen molar-refractivity contribution in [2.45, 2.75) is 85.6 Å². The highest BCUT2D eigenvalue weighted by Gasteiger charge is 2.61. The lowest BCUT2D eigenvalue weighted by Gasteiger charge is -2.32. The molecule has 0 aliphatic carbocycles. The molecule has 196 valence electrons. The maximum absolute atomic E-state index is 13.1. The van der Waals surface area contributed by atoms with Gasteiger partial charge < -0.3 is 9.47 Å². The Kier molecular flexibility index (Phi) is 10.3. The molecule has 0 saturated carbocycles. The normalized spacial score (nSPS) is 14.4. The van der Waals surface area contributed by atoms with E-state index in [-0.39, 0.29) is 25.0 Å². The van der Waals surface area contributed by atoms with Gasteiger partial charge in [0.2, 0.25) is 5.75 Å². The Labute approximate surface area is 194 Å². The number of H-pyrrole nitrogens is 1. The first-order valence-corrected chi connectivity index (χ1v) is 11.2. The van der Waals surface area contributed by atoms with Crippen molar-refractivity contribution in [1.29, 1.82) is 0 Å². The van der Waals surface area contributed by atoms with Gasteiger partial charge in [-0.3, -0.25) is 19.1 Å². The van der Waals surface area contributed by atoms with E-state index in [4.69, 9.17) is 4.74 Å². The molecule has 1 rings (SSSR count). The number of halogens is 5. The maximum Gasteiger partial charge on any atom is 0.499 e. The van der Waals surface area contributed by atoms with E-state index in [1.807, 2.05) is 34.6 Å². The fraction of sp³-hybridized carbons (Fsp3) is 0.773. The fourth-order valence-electron chi connectivity index (χ4n) is 3.39. The lowest BCUT2D eigenvalue weighted by atomic mass is 9.73. The standard InChI is InChI=1S/C22H33F5N2O5/c1-14(2)12-20(5,15(3)4)18(31)33-11-9-7-6-8-10-29-13-16(17(30)28-19(29)32)34-22(26,27)21(23,24)25/h13-15H,6-12H2,1-5H3,(H,28,30,32). The lowest BCUT2D eigenvalue weighted by Crippen LogP contribution is -2.44. The Morgan fingerprint density at radius 1 is 1.03 bits per heavy atom. The van der Waals surface area contributed by atoms with Gasteiger partial charge in [-0.05, 0) is 44.4 Å². The molecule has 34 heavy (non-hydrogen) atoms. The van der Waals surface area contributed by atoms with Gasteiger partial charge in [0.1, 0.15) is 0 Å². The number of aryl methyl sites for hydroxylation is 1. The molecule has 0 amide bonds. The van der Waals surface area contributed by atoms with Crippen LogP contribution in [0.2, 0.25) is 0 Å². The predicted octanol–water partition coefficient (Wildman–Crippen LogP) is 4.88. The molecule has 0 aliphatic heterocycles. The molecule has 0 bridgehead atoms. The maximum atomic E-state index is 13.1. The van der Waals surface area contributed by atoms with Gasteiger partial charge in [-0.25, -0.2) is 4.79 Å². The SMILES string of the molecule is CC(C)CC(C)(C(=O)OCCCCCCn1cc(OC(F)(F)C(F)(F)F)c(=O)[nH]c1=O)C(C)C. The van der Waals surface area contributed by atoms with Crippen molar-refractivity contribution in [3.8, 4) is 5.75 Å². The van der Waals surface area contributed by atoms with Crippen LogP contribution in [0.4, 0.5) is 22.0 Å². The third-order valence-electron chi connectivity index (χ3n) is 5.65. The quantitative estimate of drug-likeness (QED) is 0.237. The first-order chi connectivity index (χ1) is 15.5. The van der Waals surface area contributed by atoms with Gasteiger partial charge in [-0.2, -0.15) is 22.0 Å². The second kappa shape index (κ2) is 11.8. The van der Waals surface area contributed by atoms with E-state index in [0.29, 0.717) is 44.2 Å². The monoisotopic (exact) mass is 500 g/mol. The largest absolute Gasteiger partial charge is 0.499 e. The molecule has 12 heteroatoms. The molecule has 1 atom stereocenters. The minimum atomic E-state index is -6.02. The zero-order valence-electron chi connectivity index (χ0n) is 20.1. The number of aromatic nitrogens is 2. The van der Waals surface area contributed by atoms with Crippen LogP contribution in [-0.2, 0) is 16.1 Å². The van der Waals surface area contributed by atoms with Crippen molar-refractivity contribution >= 4 is 5.97 Å². The molecular formula is C22H33F5N2O5. The lowest BCUT2D eigenvalue weighted by molar-refractivity contribution is -0.361. The number of carbonyl (C=O) groups excluding carboxylic acids is 1. The average molecular weight is 501 g/mol. The summed E-state index contributed by atoms with van der Waals surface area (Å²) in [7, 11) is 0. The summed E-state index contributed by atoms with van der Waals surface area (Å²) in [4.78, 5) is 37.6. The van der Waals surface area contributed by atoms with Crippen LogP contribution >= 0.6 is 0 Å². The topological polar surface area (TPSA) is 90.4 Å². The molecule has 1 aromatic rings. The summed E-state index contributed by atoms with van der Waals surface area (Å²) < 4.78 is 72.8. The van der Waals surface area contributed by atoms with Crippen molar-refractivity contribution < 1.29 is 36.2 Å². The Morgan fingerprint density at radius 3 is 2.15 bits per heavy atom. The number of rotatable bonds is 13. The number of hydrogen-bond donors (Lipinski definition) is 1. The van der Waals surface area contributed by atoms with Crippen LogP contribution in [0, 0.1) is 17.3 Å². The summed E-state index contributed by atoms with van der Waals surface area (Å²) in [6.45, 7) is 10.1. The number of carbonyl (C=O) groups is 1. The number of hydrogen-bond acceptors (Lipinski definition) is 5. The van der Waals surface area contributed by atoms with Gasteiger partial charge in [0, 0.05) is 6.54 Å². The van der Waals surface area contributed by atoms with Crippen LogP contribution in [0.25, 0.3) is 0 Å². The van der Waals surface area contributed by atoms with Crippen molar-refractivity contribution in [3.05, 3.63) is 27.0 Å². The summed E-state index contributed by atoms with van der Waals surface area (Å²) in [6, 6.07) is 0. The summed E-state index contributed by atoms with van der Waals surface area (Å²) in [5.74, 6) is -1.12. The van der Waals surface area contributed by atoms with E-state index in [1.165, 1.54) is 0 Å². The second-order valence-electron chi connectivity index (χ2n) is 9.28. The number of nitrogens with one attached hydrogen (secondary N) is 1. The highest BCUT2D eigenvalue weighted by Crippen LogP contribution is 2.37. The van der Waals surface area contributed by atoms with E-state index in [0.717, 1.165) is 4.57 Å². The van der Waals surface area contributed by atoms with Crippen molar-refractivity contribution in [3.63, 3.8) is 0 Å². The van der Waals surface area contributed by atoms with Crippen LogP contribution in [0.5, 0.6) is 5.75 Å². The minimum absolute atomic E-state index is 0.0385. The number of ether oxygens (including phenoxy) is 2. The predicted molar refractivity (Wildman–Crippen MR) is 115 cm³/mol. The van der Waals surface area contributed by atoms with E-state index < -0.39 is 34.7 Å². The fourth-order valence-corrected chi connectivity index (χ4v) is 3.39. The molecule has 1 aromatic heterocycles. The van der Waals surface area contributed by atoms with Gasteiger partial charge >= 0.3 is 23.9 Å². The molecule has 0 spiro atoms. The summed E-state index contributed by atoms with van der Waals surface area (Å²) in [5.41, 5.74) is -3.03. The third kappa shape index (κ3) is 8.12. The van der Waals surface area contributed by atoms with Gasteiger partial charge in [-0.15, -0.1) is 0 Å². The van der Waals surface area contributed by atoms with E-state index in [2.05, 4.69) is 4.74 Å². The van der Waals surface area contributed by atoms with Gasteiger partial charge in [0.25, 0.3) is 5.56 Å². The van der Waals surface area contributed by atoms with Gasteiger partial charge in [-0.1, -0.05) is 34.1 Å². The Balaban J connectivity index is 2.55. The zero-order valence-corrected chi connectivity index (χ0v) is 20.1. The number of esters is 1. The number of alkyl halides is 5. The van der Waals surface area contributed by atoms with E-state index in [9.17, 15) is 36.3 Å². The molecule has 1 unspecified atom stereocenters. The van der Waals surface area contributed by atoms with Crippen LogP contribution in [-0.4, -0.2) is 34.4 Å². The van der Waals surface area contributed by atoms with Crippen LogP contribution in [0.3, 0.4) is 0 Å². The molecule has 0 aromatic carbocycles. The first-order valence-electron chi connectivity index (χ1n) is 11.2. The Hall–Kier alpha value is -2.40. The highest BCUT2D eigenvalue weighted by molar-refractivity contribution is 5.76. The Bertz CT molecular complexity index is 923. The number of nitrogens with zero attached hydrogens (tertiary/aromatic N) is 1. The molecule has 0 aliphatic rings. The van der Waals surface area contributed by atoms with Crippen molar-refractivity contribution in [1.82, 2.24) is 9.55 Å². The molecule has 0 saturated heterocycles. The van der Waals surface area contributed by atoms with Crippen molar-refractivity contribution in [2.75, 3.05) is 6.61 Å². The van der Waals surface area contributed by atoms with Crippen molar-refractivity contribution in [2.24, 2.45) is 17.3 Å². The molecule has 1 heterocycles. The minimum Gasteiger partial charge on any atom is -0.465 e. The third-order valence-corrected chi connectivity index (χ3v) is 5.65. The van der Waals surface area contributed by atoms with Crippen LogP contribution < -0.4 is 16.0 Å². The van der Waals surface area contributed by atoms with Gasteiger partial charge in [0.05, 0.1) is 18.2 Å². The summed E-state index contributed by atoms with van der Waals surface area (Å²) in [5, 5.41) is 0. The summed E-state index contributed by atoms with van der Waals surface area (Å²) >= 11 is 0. The second-order valence-corrected chi connectivity index (χ2v) is 9.28. The number of unbranched alkanes of at least 4 members (excludes halogenated alkanes) is 3.